The van der Waals surface area contributed by atoms with E-state index < -0.39 is 11.6 Å². The van der Waals surface area contributed by atoms with Crippen LogP contribution in [-0.2, 0) is 13.1 Å². The normalized spacial score (nSPS) is 15.1. The Hall–Kier alpha value is -2.74. The number of hydrogen-bond donors (Lipinski definition) is 1. The fraction of sp³-hybridized carbons (Fsp3) is 0.500. The lowest BCUT2D eigenvalue weighted by Crippen LogP contribution is -2.49. The maximum Gasteiger partial charge on any atom is 0.318 e. The third-order valence-corrected chi connectivity index (χ3v) is 5.54. The van der Waals surface area contributed by atoms with Crippen LogP contribution in [0.5, 0.6) is 5.75 Å². The summed E-state index contributed by atoms with van der Waals surface area (Å²) < 4.78 is 33.2. The largest absolute Gasteiger partial charge is 0.493 e. The number of nitrogens with zero attached hydrogens (tertiary/aromatic N) is 3. The summed E-state index contributed by atoms with van der Waals surface area (Å²) in [5.41, 5.74) is 0.997. The van der Waals surface area contributed by atoms with Gasteiger partial charge in [-0.25, -0.2) is 13.6 Å². The van der Waals surface area contributed by atoms with Crippen molar-refractivity contribution in [2.45, 2.75) is 45.8 Å². The SMILES string of the molecule is CC(C)COc1ccc(CNC(=O)N(Cc2ncc(F)cc2F)C2CCN(C)CC2)cc1. The molecule has 2 aromatic rings. The molecule has 1 aromatic heterocycles. The summed E-state index contributed by atoms with van der Waals surface area (Å²) in [4.78, 5) is 20.8. The Labute approximate surface area is 188 Å². The molecule has 0 bridgehead atoms. The molecule has 3 rings (SSSR count). The molecule has 1 aliphatic rings. The molecule has 1 saturated heterocycles. The molecule has 174 valence electrons. The fourth-order valence-electron chi connectivity index (χ4n) is 3.64. The highest BCUT2D eigenvalue weighted by atomic mass is 19.1. The van der Waals surface area contributed by atoms with Crippen LogP contribution >= 0.6 is 0 Å². The van der Waals surface area contributed by atoms with Gasteiger partial charge in [0.25, 0.3) is 0 Å². The van der Waals surface area contributed by atoms with Gasteiger partial charge in [-0.05, 0) is 56.6 Å². The zero-order valence-corrected chi connectivity index (χ0v) is 19.0. The van der Waals surface area contributed by atoms with Gasteiger partial charge < -0.3 is 19.9 Å². The first kappa shape index (κ1) is 23.9. The van der Waals surface area contributed by atoms with Crippen molar-refractivity contribution in [1.82, 2.24) is 20.1 Å². The Morgan fingerprint density at radius 3 is 2.56 bits per heavy atom. The molecule has 1 N–H and O–H groups in total. The van der Waals surface area contributed by atoms with E-state index in [-0.39, 0.29) is 24.3 Å². The average Bonchev–Trinajstić information content (AvgIpc) is 2.77. The number of hydrogen-bond acceptors (Lipinski definition) is 4. The van der Waals surface area contributed by atoms with Crippen LogP contribution in [0, 0.1) is 17.6 Å². The van der Waals surface area contributed by atoms with Crippen molar-refractivity contribution in [3.05, 3.63) is 59.4 Å². The number of nitrogens with one attached hydrogen (secondary N) is 1. The number of halogens is 2. The number of benzene rings is 1. The first-order valence-electron chi connectivity index (χ1n) is 11.1. The van der Waals surface area contributed by atoms with E-state index in [4.69, 9.17) is 4.74 Å². The third-order valence-electron chi connectivity index (χ3n) is 5.54. The van der Waals surface area contributed by atoms with E-state index in [2.05, 4.69) is 29.0 Å². The van der Waals surface area contributed by atoms with Gasteiger partial charge in [-0.15, -0.1) is 0 Å². The van der Waals surface area contributed by atoms with E-state index in [1.807, 2.05) is 31.3 Å². The van der Waals surface area contributed by atoms with Gasteiger partial charge in [0.1, 0.15) is 17.4 Å². The second kappa shape index (κ2) is 11.2. The Morgan fingerprint density at radius 2 is 1.94 bits per heavy atom. The number of amides is 2. The van der Waals surface area contributed by atoms with Gasteiger partial charge in [-0.2, -0.15) is 0 Å². The molecule has 1 aliphatic heterocycles. The number of carbonyl (C=O) groups excluding carboxylic acids is 1. The summed E-state index contributed by atoms with van der Waals surface area (Å²) in [6.45, 7) is 6.87. The monoisotopic (exact) mass is 446 g/mol. The topological polar surface area (TPSA) is 57.7 Å². The predicted octanol–water partition coefficient (Wildman–Crippen LogP) is 4.20. The van der Waals surface area contributed by atoms with Gasteiger partial charge in [-0.1, -0.05) is 26.0 Å². The van der Waals surface area contributed by atoms with E-state index in [1.165, 1.54) is 0 Å². The van der Waals surface area contributed by atoms with Crippen molar-refractivity contribution in [2.75, 3.05) is 26.7 Å². The Balaban J connectivity index is 1.65. The molecule has 0 radical (unpaired) electrons. The quantitative estimate of drug-likeness (QED) is 0.660. The van der Waals surface area contributed by atoms with Crippen LogP contribution in [-0.4, -0.2) is 53.6 Å². The van der Waals surface area contributed by atoms with Crippen molar-refractivity contribution in [1.29, 1.82) is 0 Å². The minimum Gasteiger partial charge on any atom is -0.493 e. The number of rotatable bonds is 8. The lowest BCUT2D eigenvalue weighted by Gasteiger charge is -2.37. The average molecular weight is 447 g/mol. The van der Waals surface area contributed by atoms with Crippen molar-refractivity contribution < 1.29 is 18.3 Å². The van der Waals surface area contributed by atoms with E-state index in [9.17, 15) is 13.6 Å². The zero-order valence-electron chi connectivity index (χ0n) is 19.0. The Morgan fingerprint density at radius 1 is 1.25 bits per heavy atom. The van der Waals surface area contributed by atoms with Crippen molar-refractivity contribution >= 4 is 6.03 Å². The first-order valence-corrected chi connectivity index (χ1v) is 11.1. The van der Waals surface area contributed by atoms with E-state index in [0.717, 1.165) is 49.5 Å². The molecule has 2 amide bonds. The highest BCUT2D eigenvalue weighted by Crippen LogP contribution is 2.20. The second-order valence-electron chi connectivity index (χ2n) is 8.75. The van der Waals surface area contributed by atoms with E-state index >= 15 is 0 Å². The maximum atomic E-state index is 14.2. The highest BCUT2D eigenvalue weighted by Gasteiger charge is 2.28. The van der Waals surface area contributed by atoms with Gasteiger partial charge in [0.2, 0.25) is 0 Å². The molecular weight excluding hydrogens is 414 g/mol. The molecule has 8 heteroatoms. The molecule has 2 heterocycles. The number of ether oxygens (including phenoxy) is 1. The lowest BCUT2D eigenvalue weighted by atomic mass is 10.0. The molecule has 0 aliphatic carbocycles. The second-order valence-corrected chi connectivity index (χ2v) is 8.75. The molecule has 1 fully saturated rings. The van der Waals surface area contributed by atoms with Crippen LogP contribution < -0.4 is 10.1 Å². The van der Waals surface area contributed by atoms with E-state index in [1.54, 1.807) is 4.90 Å². The summed E-state index contributed by atoms with van der Waals surface area (Å²) in [6, 6.07) is 8.08. The molecule has 0 unspecified atom stereocenters. The van der Waals surface area contributed by atoms with Crippen molar-refractivity contribution in [3.8, 4) is 5.75 Å². The minimum absolute atomic E-state index is 0.00565. The summed E-state index contributed by atoms with van der Waals surface area (Å²) in [5.74, 6) is -0.241. The van der Waals surface area contributed by atoms with Crippen LogP contribution in [0.25, 0.3) is 0 Å². The lowest BCUT2D eigenvalue weighted by molar-refractivity contribution is 0.125. The number of likely N-dealkylation sites (tertiary alicyclic amines) is 1. The van der Waals surface area contributed by atoms with Crippen LogP contribution in [0.3, 0.4) is 0 Å². The van der Waals surface area contributed by atoms with Gasteiger partial charge in [0.05, 0.1) is 25.0 Å². The van der Waals surface area contributed by atoms with Gasteiger partial charge >= 0.3 is 6.03 Å². The number of urea groups is 1. The Bertz CT molecular complexity index is 884. The van der Waals surface area contributed by atoms with Crippen LogP contribution in [0.15, 0.2) is 36.5 Å². The molecule has 0 atom stereocenters. The highest BCUT2D eigenvalue weighted by molar-refractivity contribution is 5.74. The minimum atomic E-state index is -0.743. The van der Waals surface area contributed by atoms with Gasteiger partial charge in [0, 0.05) is 18.7 Å². The summed E-state index contributed by atoms with van der Waals surface area (Å²) in [6.07, 6.45) is 2.55. The summed E-state index contributed by atoms with van der Waals surface area (Å²) in [5, 5.41) is 2.94. The van der Waals surface area contributed by atoms with Crippen molar-refractivity contribution in [2.24, 2.45) is 5.92 Å². The number of pyridine rings is 1. The number of carbonyl (C=O) groups is 1. The first-order chi connectivity index (χ1) is 15.3. The smallest absolute Gasteiger partial charge is 0.318 e. The standard InChI is InChI=1S/C24H32F2N4O2/c1-17(2)16-32-21-6-4-18(5-7-21)13-28-24(31)30(20-8-10-29(3)11-9-20)15-23-22(26)12-19(25)14-27-23/h4-7,12,14,17,20H,8-11,13,15-16H2,1-3H3,(H,28,31). The van der Waals surface area contributed by atoms with E-state index in [0.29, 0.717) is 19.1 Å². The molecule has 1 aromatic carbocycles. The fourth-order valence-corrected chi connectivity index (χ4v) is 3.64. The molecule has 32 heavy (non-hydrogen) atoms. The Kier molecular flexibility index (Phi) is 8.39. The van der Waals surface area contributed by atoms with Gasteiger partial charge in [0.15, 0.2) is 0 Å². The zero-order chi connectivity index (χ0) is 23.1. The molecular formula is C24H32F2N4O2. The van der Waals surface area contributed by atoms with Gasteiger partial charge in [-0.3, -0.25) is 4.98 Å². The van der Waals surface area contributed by atoms with Crippen LogP contribution in [0.2, 0.25) is 0 Å². The maximum absolute atomic E-state index is 14.2. The number of aromatic nitrogens is 1. The summed E-state index contributed by atoms with van der Waals surface area (Å²) >= 11 is 0. The number of piperidine rings is 1. The molecule has 0 saturated carbocycles. The van der Waals surface area contributed by atoms with Crippen molar-refractivity contribution in [3.63, 3.8) is 0 Å². The van der Waals surface area contributed by atoms with Crippen LogP contribution in [0.1, 0.15) is 37.9 Å². The molecule has 0 spiro atoms. The molecule has 6 nitrogen and oxygen atoms in total. The van der Waals surface area contributed by atoms with Crippen LogP contribution in [0.4, 0.5) is 13.6 Å². The summed E-state index contributed by atoms with van der Waals surface area (Å²) in [7, 11) is 2.04. The third kappa shape index (κ3) is 6.88. The predicted molar refractivity (Wildman–Crippen MR) is 119 cm³/mol.